The van der Waals surface area contributed by atoms with Gasteiger partial charge < -0.3 is 9.47 Å². The second-order valence-corrected chi connectivity index (χ2v) is 8.02. The first-order chi connectivity index (χ1) is 19.2. The third-order valence-corrected chi connectivity index (χ3v) is 5.55. The molecule has 2 amide bonds. The molecule has 1 heterocycles. The number of rotatable bonds is 8. The Morgan fingerprint density at radius 2 is 1.43 bits per heavy atom. The molecule has 0 bridgehead atoms. The van der Waals surface area contributed by atoms with Gasteiger partial charge in [-0.25, -0.2) is 10.9 Å². The number of nitrogens with one attached hydrogen (secondary N) is 3. The smallest absolute Gasteiger partial charge is 0.271 e. The summed E-state index contributed by atoms with van der Waals surface area (Å²) in [5, 5.41) is 38.4. The number of carbonyl (C=O) groups is 2. The van der Waals surface area contributed by atoms with Gasteiger partial charge >= 0.3 is 0 Å². The van der Waals surface area contributed by atoms with Crippen LogP contribution in [0.25, 0.3) is 0 Å². The van der Waals surface area contributed by atoms with Crippen molar-refractivity contribution in [2.75, 3.05) is 7.11 Å². The van der Waals surface area contributed by atoms with Crippen LogP contribution in [-0.2, 0) is 4.74 Å². The molecule has 40 heavy (non-hydrogen) atoms. The summed E-state index contributed by atoms with van der Waals surface area (Å²) in [6, 6.07) is 16.6. The number of nitro groups is 2. The lowest BCUT2D eigenvalue weighted by atomic mass is 10.0. The number of nitro benzene ring substituents is 2. The van der Waals surface area contributed by atoms with E-state index in [-0.39, 0.29) is 33.9 Å². The summed E-state index contributed by atoms with van der Waals surface area (Å²) >= 11 is 0. The monoisotopic (exact) mass is 545 g/mol. The molecule has 3 N–H and O–H groups in total. The number of para-hydroxylation sites is 1. The molecule has 1 atom stereocenters. The Morgan fingerprint density at radius 1 is 0.875 bits per heavy atom. The molecule has 1 saturated heterocycles. The van der Waals surface area contributed by atoms with Crippen LogP contribution >= 0.6 is 0 Å². The average molecular weight is 545 g/mol. The summed E-state index contributed by atoms with van der Waals surface area (Å²) in [5.74, 6) is -1.74. The number of ether oxygens (including phenoxy) is 2. The van der Waals surface area contributed by atoms with E-state index in [4.69, 9.17) is 14.9 Å². The highest BCUT2D eigenvalue weighted by Crippen LogP contribution is 2.33. The summed E-state index contributed by atoms with van der Waals surface area (Å²) in [7, 11) is 1.42. The molecule has 15 heteroatoms. The molecule has 3 aromatic carbocycles. The summed E-state index contributed by atoms with van der Waals surface area (Å²) < 4.78 is 11.0. The van der Waals surface area contributed by atoms with Crippen molar-refractivity contribution < 1.29 is 28.9 Å². The highest BCUT2D eigenvalue weighted by Gasteiger charge is 2.39. The molecular formula is C25H19N7O8. The topological polar surface area (TPSA) is 212 Å². The number of amides is 2. The lowest BCUT2D eigenvalue weighted by Crippen LogP contribution is -2.28. The van der Waals surface area contributed by atoms with Crippen LogP contribution in [0.5, 0.6) is 5.75 Å². The van der Waals surface area contributed by atoms with Crippen molar-refractivity contribution in [3.8, 4) is 5.75 Å². The van der Waals surface area contributed by atoms with Gasteiger partial charge in [-0.2, -0.15) is 10.2 Å². The molecule has 0 radical (unpaired) electrons. The van der Waals surface area contributed by atoms with Crippen LogP contribution in [0.4, 0.5) is 11.4 Å². The lowest BCUT2D eigenvalue weighted by Gasteiger charge is -2.14. The molecule has 0 spiro atoms. The summed E-state index contributed by atoms with van der Waals surface area (Å²) in [4.78, 5) is 46.2. The molecule has 4 rings (SSSR count). The van der Waals surface area contributed by atoms with Crippen LogP contribution in [0, 0.1) is 25.6 Å². The number of methoxy groups -OCH3 is 1. The number of hydrogen-bond donors (Lipinski definition) is 3. The van der Waals surface area contributed by atoms with Crippen LogP contribution in [0.15, 0.2) is 83.0 Å². The fraction of sp³-hybridized carbons (Fsp3) is 0.0800. The van der Waals surface area contributed by atoms with Crippen LogP contribution in [0.1, 0.15) is 32.4 Å². The van der Waals surface area contributed by atoms with E-state index in [0.717, 1.165) is 12.1 Å². The van der Waals surface area contributed by atoms with Crippen molar-refractivity contribution in [1.82, 2.24) is 10.9 Å². The van der Waals surface area contributed by atoms with Gasteiger partial charge in [-0.15, -0.1) is 0 Å². The first-order valence-electron chi connectivity index (χ1n) is 11.3. The maximum absolute atomic E-state index is 12.7. The molecule has 0 aromatic heterocycles. The fourth-order valence-corrected chi connectivity index (χ4v) is 3.65. The molecule has 202 valence electrons. The number of carbonyl (C=O) groups excluding carboxylic acids is 2. The third kappa shape index (κ3) is 5.77. The number of nitrogens with zero attached hydrogens (tertiary/aromatic N) is 4. The zero-order chi connectivity index (χ0) is 28.8. The van der Waals surface area contributed by atoms with E-state index in [2.05, 4.69) is 21.1 Å². The van der Waals surface area contributed by atoms with Gasteiger partial charge in [0.2, 0.25) is 5.90 Å². The predicted molar refractivity (Wildman–Crippen MR) is 141 cm³/mol. The normalized spacial score (nSPS) is 16.3. The van der Waals surface area contributed by atoms with Crippen molar-refractivity contribution >= 4 is 40.5 Å². The van der Waals surface area contributed by atoms with Crippen molar-refractivity contribution in [2.45, 2.75) is 6.10 Å². The highest BCUT2D eigenvalue weighted by molar-refractivity contribution is 6.69. The molecule has 15 nitrogen and oxygen atoms in total. The number of benzene rings is 3. The zero-order valence-electron chi connectivity index (χ0n) is 20.6. The first kappa shape index (κ1) is 27.1. The van der Waals surface area contributed by atoms with E-state index in [9.17, 15) is 29.8 Å². The Kier molecular flexibility index (Phi) is 7.84. The maximum Gasteiger partial charge on any atom is 0.271 e. The van der Waals surface area contributed by atoms with Gasteiger partial charge in [0.1, 0.15) is 11.5 Å². The Morgan fingerprint density at radius 3 is 1.98 bits per heavy atom. The number of hydrogen-bond acceptors (Lipinski definition) is 11. The average Bonchev–Trinajstić information content (AvgIpc) is 3.28. The van der Waals surface area contributed by atoms with E-state index >= 15 is 0 Å². The summed E-state index contributed by atoms with van der Waals surface area (Å²) in [5.41, 5.74) is 3.84. The van der Waals surface area contributed by atoms with Gasteiger partial charge in [-0.3, -0.25) is 35.2 Å². The quantitative estimate of drug-likeness (QED) is 0.282. The molecule has 0 unspecified atom stereocenters. The van der Waals surface area contributed by atoms with Gasteiger partial charge in [-0.1, -0.05) is 30.3 Å². The molecular weight excluding hydrogens is 526 g/mol. The number of non-ortho nitro benzene ring substituents is 2. The van der Waals surface area contributed by atoms with Gasteiger partial charge in [0.15, 0.2) is 11.8 Å². The van der Waals surface area contributed by atoms with Crippen LogP contribution in [-0.4, -0.2) is 46.1 Å². The SMILES string of the molecule is COc1ccccc1[C@@H]1OC(=N)C(=N/NC(=O)c2cccc([N+](=O)[O-])c2)/C1=N/NC(=O)c1cccc([N+](=O)[O-])c1. The van der Waals surface area contributed by atoms with E-state index in [0.29, 0.717) is 11.3 Å². The second kappa shape index (κ2) is 11.6. The second-order valence-electron chi connectivity index (χ2n) is 8.02. The zero-order valence-corrected chi connectivity index (χ0v) is 20.6. The molecule has 0 aliphatic carbocycles. The van der Waals surface area contributed by atoms with E-state index in [1.807, 2.05) is 0 Å². The molecule has 1 aliphatic rings. The van der Waals surface area contributed by atoms with Crippen LogP contribution < -0.4 is 15.6 Å². The van der Waals surface area contributed by atoms with Crippen molar-refractivity contribution in [3.63, 3.8) is 0 Å². The number of hydrazone groups is 2. The molecule has 0 saturated carbocycles. The van der Waals surface area contributed by atoms with Gasteiger partial charge in [0, 0.05) is 41.0 Å². The van der Waals surface area contributed by atoms with Gasteiger partial charge in [0.05, 0.1) is 17.0 Å². The Labute approximate surface area is 224 Å². The van der Waals surface area contributed by atoms with Crippen molar-refractivity contribution in [3.05, 3.63) is 110 Å². The Balaban J connectivity index is 1.68. The van der Waals surface area contributed by atoms with Crippen LogP contribution in [0.3, 0.4) is 0 Å². The van der Waals surface area contributed by atoms with Crippen molar-refractivity contribution in [2.24, 2.45) is 10.2 Å². The molecule has 1 fully saturated rings. The molecule has 3 aromatic rings. The van der Waals surface area contributed by atoms with Crippen molar-refractivity contribution in [1.29, 1.82) is 5.41 Å². The first-order valence-corrected chi connectivity index (χ1v) is 11.3. The Hall–Kier alpha value is -5.99. The minimum Gasteiger partial charge on any atom is -0.496 e. The van der Waals surface area contributed by atoms with Crippen LogP contribution in [0.2, 0.25) is 0 Å². The lowest BCUT2D eigenvalue weighted by molar-refractivity contribution is -0.385. The van der Waals surface area contributed by atoms with Gasteiger partial charge in [-0.05, 0) is 18.2 Å². The minimum absolute atomic E-state index is 0.0566. The van der Waals surface area contributed by atoms with E-state index in [1.54, 1.807) is 24.3 Å². The largest absolute Gasteiger partial charge is 0.496 e. The maximum atomic E-state index is 12.7. The standard InChI is InChI=1S/C25H19N7O8/c1-39-19-11-3-2-10-18(19)22-20(27-29-24(33)14-6-4-8-16(12-14)31(35)36)21(23(26)40-22)28-30-25(34)15-7-5-9-17(13-15)32(37)38/h2-13,22,26H,1H3,(H,29,33)(H,30,34)/b26-23?,27-20-,28-21+/t22-/m0/s1. The van der Waals surface area contributed by atoms with E-state index in [1.165, 1.54) is 43.5 Å². The van der Waals surface area contributed by atoms with E-state index < -0.39 is 33.7 Å². The third-order valence-electron chi connectivity index (χ3n) is 5.55. The minimum atomic E-state index is -1.09. The summed E-state index contributed by atoms with van der Waals surface area (Å²) in [6.45, 7) is 0. The summed E-state index contributed by atoms with van der Waals surface area (Å²) in [6.07, 6.45) is -1.09. The van der Waals surface area contributed by atoms with Gasteiger partial charge in [0.25, 0.3) is 23.2 Å². The fourth-order valence-electron chi connectivity index (χ4n) is 3.65. The predicted octanol–water partition coefficient (Wildman–Crippen LogP) is 3.13. The Bertz CT molecular complexity index is 1600. The highest BCUT2D eigenvalue weighted by atomic mass is 16.6. The molecule has 1 aliphatic heterocycles.